The predicted octanol–water partition coefficient (Wildman–Crippen LogP) is 5.77. The molecule has 0 fully saturated rings. The van der Waals surface area contributed by atoms with E-state index in [0.717, 1.165) is 30.4 Å². The Morgan fingerprint density at radius 2 is 1.33 bits per heavy atom. The summed E-state index contributed by atoms with van der Waals surface area (Å²) >= 11 is 0. The number of amides is 2. The van der Waals surface area contributed by atoms with E-state index in [1.807, 2.05) is 74.5 Å². The molecule has 0 radical (unpaired) electrons. The molecular weight excluding hydrogens is 544 g/mol. The predicted molar refractivity (Wildman–Crippen MR) is 168 cm³/mol. The van der Waals surface area contributed by atoms with Gasteiger partial charge in [0.05, 0.1) is 19.3 Å². The molecule has 2 aromatic carbocycles. The van der Waals surface area contributed by atoms with E-state index in [1.54, 1.807) is 0 Å². The molecule has 8 nitrogen and oxygen atoms in total. The summed E-state index contributed by atoms with van der Waals surface area (Å²) in [6.45, 7) is 11.4. The summed E-state index contributed by atoms with van der Waals surface area (Å²) in [4.78, 5) is 53.1. The van der Waals surface area contributed by atoms with Gasteiger partial charge in [-0.1, -0.05) is 101 Å². The number of ketones is 1. The lowest BCUT2D eigenvalue weighted by molar-refractivity contribution is -0.160. The standard InChI is InChI=1S/C35H50N2O6/c1-25(2)15-13-14-20-31(38)36-30(24-42-22-27-16-9-7-10-17-27)33(40)37-29(21-26(3)4)32(39)35(5,6)34(41)43-23-28-18-11-8-12-19-28/h7-12,16-19,25-26,29-30H,13-15,20-24H2,1-6H3,(H,36,38)(H,37,40)/t29-,30-/m0/s1. The topological polar surface area (TPSA) is 111 Å². The average molecular weight is 595 g/mol. The summed E-state index contributed by atoms with van der Waals surface area (Å²) in [6.07, 6.45) is 3.29. The third kappa shape index (κ3) is 13.1. The van der Waals surface area contributed by atoms with Crippen molar-refractivity contribution in [2.75, 3.05) is 6.61 Å². The number of benzene rings is 2. The first-order valence-electron chi connectivity index (χ1n) is 15.4. The zero-order valence-corrected chi connectivity index (χ0v) is 26.7. The Balaban J connectivity index is 2.12. The van der Waals surface area contributed by atoms with Gasteiger partial charge in [-0.3, -0.25) is 19.2 Å². The Kier molecular flexibility index (Phi) is 15.1. The minimum atomic E-state index is -1.50. The molecule has 0 aliphatic heterocycles. The van der Waals surface area contributed by atoms with Crippen LogP contribution in [0.4, 0.5) is 0 Å². The van der Waals surface area contributed by atoms with Crippen molar-refractivity contribution in [3.05, 3.63) is 71.8 Å². The van der Waals surface area contributed by atoms with Crippen LogP contribution in [0.5, 0.6) is 0 Å². The molecule has 43 heavy (non-hydrogen) atoms. The molecule has 0 saturated carbocycles. The highest BCUT2D eigenvalue weighted by Crippen LogP contribution is 2.24. The van der Waals surface area contributed by atoms with Gasteiger partial charge in [-0.25, -0.2) is 0 Å². The molecule has 0 saturated heterocycles. The van der Waals surface area contributed by atoms with E-state index < -0.39 is 35.2 Å². The number of rotatable bonds is 19. The maximum atomic E-state index is 13.7. The van der Waals surface area contributed by atoms with E-state index >= 15 is 0 Å². The third-order valence-electron chi connectivity index (χ3n) is 7.16. The third-order valence-corrected chi connectivity index (χ3v) is 7.16. The van der Waals surface area contributed by atoms with Crippen molar-refractivity contribution in [2.45, 2.75) is 98.9 Å². The largest absolute Gasteiger partial charge is 0.460 e. The van der Waals surface area contributed by atoms with Crippen LogP contribution in [-0.4, -0.2) is 42.3 Å². The lowest BCUT2D eigenvalue weighted by atomic mass is 9.81. The molecule has 2 aromatic rings. The van der Waals surface area contributed by atoms with E-state index in [4.69, 9.17) is 9.47 Å². The second-order valence-electron chi connectivity index (χ2n) is 12.5. The van der Waals surface area contributed by atoms with Crippen molar-refractivity contribution < 1.29 is 28.7 Å². The lowest BCUT2D eigenvalue weighted by Crippen LogP contribution is -2.56. The Morgan fingerprint density at radius 3 is 1.88 bits per heavy atom. The second kappa shape index (κ2) is 18.2. The van der Waals surface area contributed by atoms with Crippen molar-refractivity contribution >= 4 is 23.6 Å². The van der Waals surface area contributed by atoms with Gasteiger partial charge in [0.1, 0.15) is 18.1 Å². The fourth-order valence-electron chi connectivity index (χ4n) is 4.57. The number of unbranched alkanes of at least 4 members (excludes halogenated alkanes) is 1. The van der Waals surface area contributed by atoms with Crippen LogP contribution in [-0.2, 0) is 41.9 Å². The molecule has 0 unspecified atom stereocenters. The van der Waals surface area contributed by atoms with E-state index in [9.17, 15) is 19.2 Å². The molecule has 0 heterocycles. The number of hydrogen-bond donors (Lipinski definition) is 2. The van der Waals surface area contributed by atoms with Crippen LogP contribution in [0.15, 0.2) is 60.7 Å². The van der Waals surface area contributed by atoms with Gasteiger partial charge in [-0.2, -0.15) is 0 Å². The van der Waals surface area contributed by atoms with Gasteiger partial charge in [-0.15, -0.1) is 0 Å². The highest BCUT2D eigenvalue weighted by atomic mass is 16.5. The summed E-state index contributed by atoms with van der Waals surface area (Å²) in [7, 11) is 0. The normalized spacial score (nSPS) is 12.9. The Morgan fingerprint density at radius 1 is 0.744 bits per heavy atom. The van der Waals surface area contributed by atoms with Crippen LogP contribution in [0.3, 0.4) is 0 Å². The van der Waals surface area contributed by atoms with Crippen LogP contribution in [0.25, 0.3) is 0 Å². The monoisotopic (exact) mass is 594 g/mol. The minimum Gasteiger partial charge on any atom is -0.460 e. The SMILES string of the molecule is CC(C)CCCCC(=O)N[C@@H](COCc1ccccc1)C(=O)N[C@@H](CC(C)C)C(=O)C(C)(C)C(=O)OCc1ccccc1. The first kappa shape index (κ1) is 35.7. The van der Waals surface area contributed by atoms with Crippen LogP contribution in [0, 0.1) is 17.3 Å². The quantitative estimate of drug-likeness (QED) is 0.121. The molecule has 0 spiro atoms. The van der Waals surface area contributed by atoms with Crippen LogP contribution >= 0.6 is 0 Å². The number of hydrogen-bond acceptors (Lipinski definition) is 6. The Labute approximate surface area is 257 Å². The van der Waals surface area contributed by atoms with E-state index in [0.29, 0.717) is 18.8 Å². The van der Waals surface area contributed by atoms with E-state index in [-0.39, 0.29) is 31.6 Å². The maximum Gasteiger partial charge on any atom is 0.319 e. The molecule has 0 aliphatic rings. The van der Waals surface area contributed by atoms with Gasteiger partial charge in [0.15, 0.2) is 5.78 Å². The van der Waals surface area contributed by atoms with Crippen LogP contribution in [0.1, 0.15) is 84.8 Å². The second-order valence-corrected chi connectivity index (χ2v) is 12.5. The average Bonchev–Trinajstić information content (AvgIpc) is 2.97. The van der Waals surface area contributed by atoms with Crippen molar-refractivity contribution in [3.8, 4) is 0 Å². The van der Waals surface area contributed by atoms with Gasteiger partial charge in [0.2, 0.25) is 11.8 Å². The maximum absolute atomic E-state index is 13.7. The number of Topliss-reactive ketones (excluding diaryl/α,β-unsaturated/α-hetero) is 1. The van der Waals surface area contributed by atoms with Crippen molar-refractivity contribution in [2.24, 2.45) is 17.3 Å². The molecule has 236 valence electrons. The molecule has 2 atom stereocenters. The fraction of sp³-hybridized carbons (Fsp3) is 0.543. The Hall–Kier alpha value is -3.52. The zero-order chi connectivity index (χ0) is 31.8. The number of carbonyl (C=O) groups excluding carboxylic acids is 4. The first-order valence-corrected chi connectivity index (χ1v) is 15.4. The molecular formula is C35H50N2O6. The number of nitrogens with one attached hydrogen (secondary N) is 2. The smallest absolute Gasteiger partial charge is 0.319 e. The summed E-state index contributed by atoms with van der Waals surface area (Å²) in [5, 5.41) is 5.64. The van der Waals surface area contributed by atoms with Crippen LogP contribution in [0.2, 0.25) is 0 Å². The highest BCUT2D eigenvalue weighted by molar-refractivity contribution is 6.06. The molecule has 2 amide bonds. The fourth-order valence-corrected chi connectivity index (χ4v) is 4.57. The Bertz CT molecular complexity index is 1150. The number of esters is 1. The molecule has 0 aliphatic carbocycles. The van der Waals surface area contributed by atoms with Gasteiger partial charge in [0, 0.05) is 6.42 Å². The van der Waals surface area contributed by atoms with Gasteiger partial charge in [0.25, 0.3) is 0 Å². The molecule has 2 N–H and O–H groups in total. The lowest BCUT2D eigenvalue weighted by Gasteiger charge is -2.29. The van der Waals surface area contributed by atoms with Crippen molar-refractivity contribution in [3.63, 3.8) is 0 Å². The molecule has 2 rings (SSSR count). The first-order chi connectivity index (χ1) is 20.4. The van der Waals surface area contributed by atoms with Gasteiger partial charge in [-0.05, 0) is 49.7 Å². The zero-order valence-electron chi connectivity index (χ0n) is 26.7. The number of ether oxygens (including phenoxy) is 2. The minimum absolute atomic E-state index is 0.0433. The van der Waals surface area contributed by atoms with E-state index in [1.165, 1.54) is 13.8 Å². The van der Waals surface area contributed by atoms with E-state index in [2.05, 4.69) is 24.5 Å². The van der Waals surface area contributed by atoms with Crippen LogP contribution < -0.4 is 10.6 Å². The summed E-state index contributed by atoms with van der Waals surface area (Å²) in [6, 6.07) is 16.8. The van der Waals surface area contributed by atoms with Gasteiger partial charge >= 0.3 is 5.97 Å². The summed E-state index contributed by atoms with van der Waals surface area (Å²) in [5.74, 6) is -1.28. The molecule has 8 heteroatoms. The molecule has 0 aromatic heterocycles. The van der Waals surface area contributed by atoms with Crippen molar-refractivity contribution in [1.82, 2.24) is 10.6 Å². The highest BCUT2D eigenvalue weighted by Gasteiger charge is 2.42. The van der Waals surface area contributed by atoms with Gasteiger partial charge < -0.3 is 20.1 Å². The number of carbonyl (C=O) groups is 4. The summed E-state index contributed by atoms with van der Waals surface area (Å²) in [5.41, 5.74) is 0.246. The van der Waals surface area contributed by atoms with Crippen molar-refractivity contribution in [1.29, 1.82) is 0 Å². The molecule has 0 bridgehead atoms. The summed E-state index contributed by atoms with van der Waals surface area (Å²) < 4.78 is 11.3.